The minimum Gasteiger partial charge on any atom is -0.481 e. The van der Waals surface area contributed by atoms with Gasteiger partial charge in [0.1, 0.15) is 0 Å². The summed E-state index contributed by atoms with van der Waals surface area (Å²) < 4.78 is 0. The summed E-state index contributed by atoms with van der Waals surface area (Å²) in [6, 6.07) is 0. The van der Waals surface area contributed by atoms with Crippen LogP contribution < -0.4 is 10.6 Å². The van der Waals surface area contributed by atoms with E-state index >= 15 is 0 Å². The topological polar surface area (TPSA) is 78.4 Å². The maximum absolute atomic E-state index is 12.4. The third-order valence-electron chi connectivity index (χ3n) is 4.54. The van der Waals surface area contributed by atoms with Crippen LogP contribution in [0, 0.1) is 11.8 Å². The molecule has 1 aliphatic carbocycles. The van der Waals surface area contributed by atoms with Crippen LogP contribution in [-0.4, -0.2) is 35.6 Å². The first-order chi connectivity index (χ1) is 9.02. The van der Waals surface area contributed by atoms with E-state index in [2.05, 4.69) is 17.6 Å². The average Bonchev–Trinajstić information content (AvgIpc) is 2.75. The molecule has 2 rings (SSSR count). The van der Waals surface area contributed by atoms with Crippen LogP contribution in [0.4, 0.5) is 0 Å². The van der Waals surface area contributed by atoms with E-state index in [0.717, 1.165) is 38.6 Å². The number of carboxylic acids is 1. The van der Waals surface area contributed by atoms with E-state index in [1.807, 2.05) is 0 Å². The molecule has 1 heterocycles. The van der Waals surface area contributed by atoms with Crippen molar-refractivity contribution in [2.45, 2.75) is 51.0 Å². The highest BCUT2D eigenvalue weighted by Gasteiger charge is 2.39. The van der Waals surface area contributed by atoms with E-state index in [1.165, 1.54) is 0 Å². The molecule has 0 spiro atoms. The minimum atomic E-state index is -0.820. The van der Waals surface area contributed by atoms with Crippen LogP contribution >= 0.6 is 0 Å². The Labute approximate surface area is 114 Å². The molecule has 0 aromatic carbocycles. The Hall–Kier alpha value is -1.10. The molecule has 0 aromatic rings. The number of hydrogen-bond donors (Lipinski definition) is 3. The van der Waals surface area contributed by atoms with Crippen molar-refractivity contribution in [2.24, 2.45) is 11.8 Å². The van der Waals surface area contributed by atoms with Crippen molar-refractivity contribution in [3.8, 4) is 0 Å². The molecule has 108 valence electrons. The molecule has 2 atom stereocenters. The molecule has 1 amide bonds. The summed E-state index contributed by atoms with van der Waals surface area (Å²) in [6.45, 7) is 3.63. The molecule has 2 unspecified atom stereocenters. The zero-order chi connectivity index (χ0) is 13.9. The smallest absolute Gasteiger partial charge is 0.305 e. The lowest BCUT2D eigenvalue weighted by Gasteiger charge is -2.38. The first-order valence-corrected chi connectivity index (χ1v) is 7.27. The van der Waals surface area contributed by atoms with Crippen molar-refractivity contribution >= 4 is 11.9 Å². The molecule has 0 radical (unpaired) electrons. The molecule has 0 bridgehead atoms. The van der Waals surface area contributed by atoms with Gasteiger partial charge in [-0.3, -0.25) is 9.59 Å². The summed E-state index contributed by atoms with van der Waals surface area (Å²) in [4.78, 5) is 23.4. The summed E-state index contributed by atoms with van der Waals surface area (Å²) in [5, 5.41) is 15.4. The van der Waals surface area contributed by atoms with Crippen molar-refractivity contribution in [3.05, 3.63) is 0 Å². The maximum atomic E-state index is 12.4. The molecule has 19 heavy (non-hydrogen) atoms. The summed E-state index contributed by atoms with van der Waals surface area (Å²) in [5.41, 5.74) is -0.510. The fraction of sp³-hybridized carbons (Fsp3) is 0.857. The van der Waals surface area contributed by atoms with E-state index in [9.17, 15) is 9.59 Å². The van der Waals surface area contributed by atoms with Gasteiger partial charge in [-0.15, -0.1) is 0 Å². The number of rotatable bonds is 4. The van der Waals surface area contributed by atoms with Gasteiger partial charge in [0.25, 0.3) is 0 Å². The monoisotopic (exact) mass is 268 g/mol. The second-order valence-electron chi connectivity index (χ2n) is 6.14. The first-order valence-electron chi connectivity index (χ1n) is 7.27. The molecule has 1 aliphatic heterocycles. The number of carbonyl (C=O) groups excluding carboxylic acids is 1. The summed E-state index contributed by atoms with van der Waals surface area (Å²) in [5.74, 6) is -0.487. The highest BCUT2D eigenvalue weighted by Crippen LogP contribution is 2.32. The molecule has 1 saturated carbocycles. The lowest BCUT2D eigenvalue weighted by Crippen LogP contribution is -2.53. The van der Waals surface area contributed by atoms with E-state index in [0.29, 0.717) is 12.5 Å². The van der Waals surface area contributed by atoms with Gasteiger partial charge in [0.2, 0.25) is 5.91 Å². The minimum absolute atomic E-state index is 0.0207. The molecule has 0 aromatic heterocycles. The second-order valence-corrected chi connectivity index (χ2v) is 6.14. The molecule has 2 aliphatic rings. The molecule has 5 nitrogen and oxygen atoms in total. The molecular weight excluding hydrogens is 244 g/mol. The first kappa shape index (κ1) is 14.3. The van der Waals surface area contributed by atoms with E-state index < -0.39 is 11.5 Å². The van der Waals surface area contributed by atoms with E-state index in [1.54, 1.807) is 0 Å². The largest absolute Gasteiger partial charge is 0.481 e. The van der Waals surface area contributed by atoms with Crippen LogP contribution in [0.5, 0.6) is 0 Å². The Morgan fingerprint density at radius 2 is 1.95 bits per heavy atom. The molecular formula is C14H24N2O3. The van der Waals surface area contributed by atoms with Gasteiger partial charge in [-0.25, -0.2) is 0 Å². The third kappa shape index (κ3) is 3.47. The van der Waals surface area contributed by atoms with Crippen molar-refractivity contribution < 1.29 is 14.7 Å². The molecule has 1 saturated heterocycles. The lowest BCUT2D eigenvalue weighted by atomic mass is 9.78. The van der Waals surface area contributed by atoms with Crippen molar-refractivity contribution in [1.29, 1.82) is 0 Å². The van der Waals surface area contributed by atoms with Crippen molar-refractivity contribution in [2.75, 3.05) is 13.1 Å². The Morgan fingerprint density at radius 1 is 1.26 bits per heavy atom. The number of amides is 1. The van der Waals surface area contributed by atoms with E-state index in [-0.39, 0.29) is 18.2 Å². The zero-order valence-electron chi connectivity index (χ0n) is 11.6. The number of hydrogen-bond acceptors (Lipinski definition) is 3. The van der Waals surface area contributed by atoms with Gasteiger partial charge < -0.3 is 15.7 Å². The number of carbonyl (C=O) groups is 2. The summed E-state index contributed by atoms with van der Waals surface area (Å²) >= 11 is 0. The van der Waals surface area contributed by atoms with Gasteiger partial charge in [0, 0.05) is 6.54 Å². The lowest BCUT2D eigenvalue weighted by molar-refractivity contribution is -0.140. The van der Waals surface area contributed by atoms with Gasteiger partial charge >= 0.3 is 5.97 Å². The Morgan fingerprint density at radius 3 is 2.47 bits per heavy atom. The Bertz CT molecular complexity index is 351. The van der Waals surface area contributed by atoms with Crippen LogP contribution in [0.15, 0.2) is 0 Å². The van der Waals surface area contributed by atoms with Crippen molar-refractivity contribution in [3.63, 3.8) is 0 Å². The van der Waals surface area contributed by atoms with Crippen molar-refractivity contribution in [1.82, 2.24) is 10.6 Å². The molecule has 3 N–H and O–H groups in total. The van der Waals surface area contributed by atoms with Crippen LogP contribution in [0.3, 0.4) is 0 Å². The summed E-state index contributed by atoms with van der Waals surface area (Å²) in [6.07, 6.45) is 4.78. The second kappa shape index (κ2) is 5.90. The predicted molar refractivity (Wildman–Crippen MR) is 71.7 cm³/mol. The van der Waals surface area contributed by atoms with Gasteiger partial charge in [0.15, 0.2) is 0 Å². The van der Waals surface area contributed by atoms with Crippen LogP contribution in [-0.2, 0) is 9.59 Å². The number of nitrogens with one attached hydrogen (secondary N) is 2. The highest BCUT2D eigenvalue weighted by atomic mass is 16.4. The van der Waals surface area contributed by atoms with Gasteiger partial charge in [-0.1, -0.05) is 26.2 Å². The average molecular weight is 268 g/mol. The van der Waals surface area contributed by atoms with Crippen LogP contribution in [0.2, 0.25) is 0 Å². The van der Waals surface area contributed by atoms with Gasteiger partial charge in [0.05, 0.1) is 17.9 Å². The van der Waals surface area contributed by atoms with Crippen LogP contribution in [0.1, 0.15) is 45.4 Å². The maximum Gasteiger partial charge on any atom is 0.305 e. The van der Waals surface area contributed by atoms with Gasteiger partial charge in [-0.2, -0.15) is 0 Å². The number of aliphatic carboxylic acids is 1. The normalized spacial score (nSPS) is 29.9. The molecule has 2 fully saturated rings. The highest BCUT2D eigenvalue weighted by molar-refractivity contribution is 5.81. The zero-order valence-corrected chi connectivity index (χ0v) is 11.6. The Kier molecular flexibility index (Phi) is 4.45. The van der Waals surface area contributed by atoms with Gasteiger partial charge in [-0.05, 0) is 25.3 Å². The van der Waals surface area contributed by atoms with E-state index in [4.69, 9.17) is 5.11 Å². The SMILES string of the molecule is CC1CNCC1C(=O)NC1(CC(=O)O)CCCCC1. The fourth-order valence-electron chi connectivity index (χ4n) is 3.38. The number of carboxylic acid groups (broad SMARTS) is 1. The molecule has 5 heteroatoms. The predicted octanol–water partition coefficient (Wildman–Crippen LogP) is 1.14. The van der Waals surface area contributed by atoms with Crippen LogP contribution in [0.25, 0.3) is 0 Å². The fourth-order valence-corrected chi connectivity index (χ4v) is 3.38. The summed E-state index contributed by atoms with van der Waals surface area (Å²) in [7, 11) is 0. The quantitative estimate of drug-likeness (QED) is 0.714. The standard InChI is InChI=1S/C14H24N2O3/c1-10-8-15-9-11(10)13(19)16-14(7-12(17)18)5-3-2-4-6-14/h10-11,15H,2-9H2,1H3,(H,16,19)(H,17,18). The Balaban J connectivity index is 2.02. The third-order valence-corrected chi connectivity index (χ3v) is 4.54.